The van der Waals surface area contributed by atoms with Crippen LogP contribution in [0.25, 0.3) is 18.2 Å². The van der Waals surface area contributed by atoms with Crippen LogP contribution in [0.1, 0.15) is 77.5 Å². The Morgan fingerprint density at radius 1 is 0.500 bits per heavy atom. The van der Waals surface area contributed by atoms with Gasteiger partial charge in [-0.2, -0.15) is 0 Å². The van der Waals surface area contributed by atoms with Crippen molar-refractivity contribution in [1.82, 2.24) is 0 Å². The number of methoxy groups -OCH3 is 1. The fourth-order valence-corrected chi connectivity index (χ4v) is 7.01. The number of esters is 10. The maximum Gasteiger partial charge on any atom is 0.331 e. The van der Waals surface area contributed by atoms with Gasteiger partial charge in [-0.3, -0.25) is 33.6 Å². The molecule has 4 rings (SSSR count). The van der Waals surface area contributed by atoms with E-state index in [0.717, 1.165) is 66.9 Å². The molecular weight excluding hydrogens is 957 g/mol. The lowest BCUT2D eigenvalue weighted by Gasteiger charge is -2.44. The van der Waals surface area contributed by atoms with Crippen LogP contribution < -0.4 is 28.4 Å². The van der Waals surface area contributed by atoms with E-state index in [9.17, 15) is 47.9 Å². The summed E-state index contributed by atoms with van der Waals surface area (Å²) in [6.45, 7) is 6.25. The van der Waals surface area contributed by atoms with Gasteiger partial charge in [0, 0.05) is 72.6 Å². The van der Waals surface area contributed by atoms with Gasteiger partial charge in [0.25, 0.3) is 0 Å². The fourth-order valence-electron chi connectivity index (χ4n) is 7.01. The molecule has 0 amide bonds. The third-order valence-electron chi connectivity index (χ3n) is 9.70. The topological polar surface area (TPSA) is 302 Å². The SMILES string of the molecule is COC(=O)[C@]1(CCOOO)C[C@@H](OC(=O)/C=C/c2ccc(OC(C)=O)c(OC(C)=O)c2)[C@@H](OC(=O)/C=C/c2ccc(OC(C)=O)c(OC(C)=O)c2)[C@H](OC(=O)/C=C/c2ccc(OC(C)=O)c(OC(C)=O)c2)C1. The molecule has 72 heavy (non-hydrogen) atoms. The van der Waals surface area contributed by atoms with Crippen molar-refractivity contribution in [2.75, 3.05) is 13.7 Å². The van der Waals surface area contributed by atoms with Crippen molar-refractivity contribution < 1.29 is 110 Å². The first-order valence-corrected chi connectivity index (χ1v) is 21.3. The molecule has 382 valence electrons. The van der Waals surface area contributed by atoms with Crippen LogP contribution in [0.4, 0.5) is 0 Å². The number of ether oxygens (including phenoxy) is 10. The van der Waals surface area contributed by atoms with Gasteiger partial charge in [0.1, 0.15) is 12.2 Å². The highest BCUT2D eigenvalue weighted by molar-refractivity contribution is 5.90. The second kappa shape index (κ2) is 26.4. The first-order valence-electron chi connectivity index (χ1n) is 21.3. The molecule has 0 aliphatic heterocycles. The minimum absolute atomic E-state index is 0.101. The molecule has 23 nitrogen and oxygen atoms in total. The van der Waals surface area contributed by atoms with Gasteiger partial charge in [0.2, 0.25) is 0 Å². The van der Waals surface area contributed by atoms with E-state index in [1.54, 1.807) is 0 Å². The Morgan fingerprint density at radius 3 is 1.12 bits per heavy atom. The molecule has 0 spiro atoms. The predicted molar refractivity (Wildman–Crippen MR) is 242 cm³/mol. The van der Waals surface area contributed by atoms with Crippen LogP contribution in [0.2, 0.25) is 0 Å². The van der Waals surface area contributed by atoms with E-state index in [1.807, 2.05) is 0 Å². The van der Waals surface area contributed by atoms with Crippen LogP contribution >= 0.6 is 0 Å². The largest absolute Gasteiger partial charge is 0.469 e. The molecule has 1 fully saturated rings. The van der Waals surface area contributed by atoms with Gasteiger partial charge in [-0.15, -0.1) is 0 Å². The Kier molecular flexibility index (Phi) is 20.6. The molecule has 1 saturated carbocycles. The first-order chi connectivity index (χ1) is 34.1. The third-order valence-corrected chi connectivity index (χ3v) is 9.70. The van der Waals surface area contributed by atoms with Crippen LogP contribution in [0.15, 0.2) is 72.8 Å². The van der Waals surface area contributed by atoms with E-state index >= 15 is 0 Å². The Bertz CT molecular complexity index is 2550. The summed E-state index contributed by atoms with van der Waals surface area (Å²) in [5.41, 5.74) is -1.07. The van der Waals surface area contributed by atoms with Crippen LogP contribution in [0, 0.1) is 5.41 Å². The average molecular weight is 1000 g/mol. The molecule has 23 heteroatoms. The highest BCUT2D eigenvalue weighted by Crippen LogP contribution is 2.44. The lowest BCUT2D eigenvalue weighted by Crippen LogP contribution is -2.56. The minimum atomic E-state index is -1.77. The van der Waals surface area contributed by atoms with Crippen LogP contribution in [-0.4, -0.2) is 97.0 Å². The van der Waals surface area contributed by atoms with E-state index in [0.29, 0.717) is 0 Å². The quantitative estimate of drug-likeness (QED) is 0.0290. The van der Waals surface area contributed by atoms with Crippen molar-refractivity contribution in [2.24, 2.45) is 5.41 Å². The monoisotopic (exact) mass is 1000 g/mol. The third kappa shape index (κ3) is 17.5. The molecule has 0 saturated heterocycles. The standard InChI is InChI=1S/C49H48O23/c1-27(50)63-36-14-8-33(22-39(36)66-30(4)53)11-17-44(56)69-42-25-49(48(59)61-7,20-21-62-72-60)26-43(70-45(57)18-12-34-9-15-37(64-28(2)51)40(23-34)67-31(5)54)47(42)71-46(58)19-13-35-10-16-38(65-29(3)52)41(24-35)68-32(6)55/h8-19,22-24,42-43,47,60H,20-21,25-26H2,1-7H3/b17-11+,18-12+,19-13+/t42-,43-,47-,49-/m1/s1. The Morgan fingerprint density at radius 2 is 0.819 bits per heavy atom. The molecule has 3 aromatic rings. The van der Waals surface area contributed by atoms with Crippen molar-refractivity contribution in [1.29, 1.82) is 0 Å². The number of hydrogen-bond donors (Lipinski definition) is 1. The van der Waals surface area contributed by atoms with E-state index in [-0.39, 0.29) is 57.6 Å². The predicted octanol–water partition coefficient (Wildman–Crippen LogP) is 5.18. The van der Waals surface area contributed by atoms with Crippen LogP contribution in [0.3, 0.4) is 0 Å². The molecule has 0 radical (unpaired) electrons. The highest BCUT2D eigenvalue weighted by Gasteiger charge is 2.55. The second-order valence-electron chi connectivity index (χ2n) is 15.4. The number of carbonyl (C=O) groups excluding carboxylic acids is 10. The average Bonchev–Trinajstić information content (AvgIpc) is 3.29. The second-order valence-corrected chi connectivity index (χ2v) is 15.4. The van der Waals surface area contributed by atoms with Crippen molar-refractivity contribution >= 4 is 77.9 Å². The van der Waals surface area contributed by atoms with Gasteiger partial charge in [-0.25, -0.2) is 24.5 Å². The maximum atomic E-state index is 13.7. The number of benzene rings is 3. The normalized spacial score (nSPS) is 17.3. The van der Waals surface area contributed by atoms with Gasteiger partial charge in [-0.1, -0.05) is 23.2 Å². The molecule has 1 N–H and O–H groups in total. The Balaban J connectivity index is 1.79. The summed E-state index contributed by atoms with van der Waals surface area (Å²) < 4.78 is 53.4. The molecular formula is C49H48O23. The summed E-state index contributed by atoms with van der Waals surface area (Å²) in [6.07, 6.45) is 0.158. The Hall–Kier alpha value is -8.54. The van der Waals surface area contributed by atoms with Crippen molar-refractivity contribution in [3.05, 3.63) is 89.5 Å². The molecule has 0 heterocycles. The van der Waals surface area contributed by atoms with Crippen LogP contribution in [-0.2, 0) is 76.8 Å². The highest BCUT2D eigenvalue weighted by atomic mass is 17.5. The summed E-state index contributed by atoms with van der Waals surface area (Å²) in [6, 6.07) is 12.0. The van der Waals surface area contributed by atoms with Crippen molar-refractivity contribution in [3.63, 3.8) is 0 Å². The zero-order chi connectivity index (χ0) is 53.1. The van der Waals surface area contributed by atoms with E-state index in [1.165, 1.54) is 72.8 Å². The van der Waals surface area contributed by atoms with Gasteiger partial charge in [-0.05, 0) is 77.7 Å². The smallest absolute Gasteiger partial charge is 0.331 e. The summed E-state index contributed by atoms with van der Waals surface area (Å²) in [7, 11) is 1.05. The molecule has 2 atom stereocenters. The molecule has 0 bridgehead atoms. The van der Waals surface area contributed by atoms with Crippen LogP contribution in [0.5, 0.6) is 34.5 Å². The summed E-state index contributed by atoms with van der Waals surface area (Å²) in [4.78, 5) is 130. The molecule has 0 aromatic heterocycles. The van der Waals surface area contributed by atoms with E-state index in [4.69, 9.17) is 52.6 Å². The molecule has 1 aliphatic carbocycles. The fraction of sp³-hybridized carbons (Fsp3) is 0.306. The molecule has 3 aromatic carbocycles. The lowest BCUT2D eigenvalue weighted by atomic mass is 9.68. The Labute approximate surface area is 409 Å². The van der Waals surface area contributed by atoms with E-state index < -0.39 is 103 Å². The van der Waals surface area contributed by atoms with Gasteiger partial charge < -0.3 is 47.4 Å². The maximum absolute atomic E-state index is 13.7. The number of hydrogen-bond acceptors (Lipinski definition) is 23. The van der Waals surface area contributed by atoms with Gasteiger partial charge in [0.05, 0.1) is 19.1 Å². The molecule has 1 aliphatic rings. The zero-order valence-corrected chi connectivity index (χ0v) is 39.6. The lowest BCUT2D eigenvalue weighted by molar-refractivity contribution is -0.491. The number of carbonyl (C=O) groups is 10. The first kappa shape index (κ1) is 56.1. The summed E-state index contributed by atoms with van der Waals surface area (Å²) in [5.74, 6) is -9.45. The minimum Gasteiger partial charge on any atom is -0.469 e. The molecule has 0 unspecified atom stereocenters. The van der Waals surface area contributed by atoms with Gasteiger partial charge >= 0.3 is 59.7 Å². The van der Waals surface area contributed by atoms with Gasteiger partial charge in [0.15, 0.2) is 40.6 Å². The van der Waals surface area contributed by atoms with Crippen molar-refractivity contribution in [2.45, 2.75) is 79.1 Å². The van der Waals surface area contributed by atoms with E-state index in [2.05, 4.69) is 9.93 Å². The number of rotatable bonds is 20. The zero-order valence-electron chi connectivity index (χ0n) is 39.6. The summed E-state index contributed by atoms with van der Waals surface area (Å²) in [5, 5.41) is 12.7. The summed E-state index contributed by atoms with van der Waals surface area (Å²) >= 11 is 0. The van der Waals surface area contributed by atoms with Crippen molar-refractivity contribution in [3.8, 4) is 34.5 Å².